The third kappa shape index (κ3) is 9.50. The van der Waals surface area contributed by atoms with Crippen LogP contribution in [0.3, 0.4) is 0 Å². The molecule has 49 heavy (non-hydrogen) atoms. The SMILES string of the molecule is Cc1cc(CN(Cc2cc(N3CCOCC3)ccc2-c2cc(C(C)C)ccc2C)c2ncc(OCCCC(=O)O)cn2)cc(C(F)(F)F)c1. The number of aryl methyl sites for hydroxylation is 2. The molecule has 2 heterocycles. The van der Waals surface area contributed by atoms with E-state index in [2.05, 4.69) is 72.0 Å². The van der Waals surface area contributed by atoms with Crippen LogP contribution < -0.4 is 14.5 Å². The average Bonchev–Trinajstić information content (AvgIpc) is 3.06. The first-order valence-corrected chi connectivity index (χ1v) is 16.5. The first-order chi connectivity index (χ1) is 23.4. The van der Waals surface area contributed by atoms with Crippen molar-refractivity contribution in [1.82, 2.24) is 9.97 Å². The first kappa shape index (κ1) is 35.7. The van der Waals surface area contributed by atoms with Gasteiger partial charge in [0.15, 0.2) is 5.75 Å². The fourth-order valence-corrected chi connectivity index (χ4v) is 5.98. The molecule has 0 unspecified atom stereocenters. The Morgan fingerprint density at radius 3 is 2.39 bits per heavy atom. The molecule has 1 aromatic heterocycles. The predicted molar refractivity (Wildman–Crippen MR) is 184 cm³/mol. The zero-order valence-corrected chi connectivity index (χ0v) is 28.4. The summed E-state index contributed by atoms with van der Waals surface area (Å²) in [5.74, 6) is 0.122. The van der Waals surface area contributed by atoms with Crippen LogP contribution in [0, 0.1) is 13.8 Å². The normalized spacial score (nSPS) is 13.5. The van der Waals surface area contributed by atoms with Crippen LogP contribution >= 0.6 is 0 Å². The van der Waals surface area contributed by atoms with E-state index in [1.807, 2.05) is 4.90 Å². The number of carbonyl (C=O) groups is 1. The Labute approximate surface area is 285 Å². The number of hydrogen-bond acceptors (Lipinski definition) is 7. The van der Waals surface area contributed by atoms with Gasteiger partial charge < -0.3 is 24.4 Å². The molecule has 1 aliphatic rings. The average molecular weight is 677 g/mol. The standard InChI is InChI=1S/C38H43F3N4O4/c1-25(2)29-8-7-27(4)35(20-29)34-10-9-32(44-11-14-48-15-12-44)19-30(34)24-45(23-28-16-26(3)17-31(18-28)38(39,40)41)37-42-21-33(22-43-37)49-13-5-6-36(46)47/h7-10,16-22,25H,5-6,11-15,23-24H2,1-4H3,(H,46,47). The Morgan fingerprint density at radius 1 is 0.980 bits per heavy atom. The molecule has 0 spiro atoms. The number of ether oxygens (including phenoxy) is 2. The van der Waals surface area contributed by atoms with E-state index in [1.165, 1.54) is 24.0 Å². The van der Waals surface area contributed by atoms with Gasteiger partial charge in [0.25, 0.3) is 0 Å². The highest BCUT2D eigenvalue weighted by Gasteiger charge is 2.31. The van der Waals surface area contributed by atoms with Gasteiger partial charge in [-0.3, -0.25) is 4.79 Å². The maximum absolute atomic E-state index is 13.9. The van der Waals surface area contributed by atoms with Crippen LogP contribution in [0.5, 0.6) is 5.75 Å². The lowest BCUT2D eigenvalue weighted by molar-refractivity contribution is -0.138. The molecule has 1 saturated heterocycles. The fourth-order valence-electron chi connectivity index (χ4n) is 5.98. The molecule has 3 aromatic carbocycles. The van der Waals surface area contributed by atoms with Crippen molar-refractivity contribution in [2.75, 3.05) is 42.7 Å². The summed E-state index contributed by atoms with van der Waals surface area (Å²) in [5, 5.41) is 8.91. The Balaban J connectivity index is 1.57. The van der Waals surface area contributed by atoms with E-state index in [9.17, 15) is 18.0 Å². The van der Waals surface area contributed by atoms with Crippen molar-refractivity contribution in [3.05, 3.63) is 100 Å². The van der Waals surface area contributed by atoms with Crippen molar-refractivity contribution in [2.24, 2.45) is 0 Å². The number of anilines is 2. The van der Waals surface area contributed by atoms with Crippen LogP contribution in [0.15, 0.2) is 67.0 Å². The minimum atomic E-state index is -4.49. The highest BCUT2D eigenvalue weighted by molar-refractivity contribution is 5.74. The summed E-state index contributed by atoms with van der Waals surface area (Å²) >= 11 is 0. The summed E-state index contributed by atoms with van der Waals surface area (Å²) < 4.78 is 52.8. The monoisotopic (exact) mass is 676 g/mol. The van der Waals surface area contributed by atoms with Gasteiger partial charge in [-0.05, 0) is 83.8 Å². The summed E-state index contributed by atoms with van der Waals surface area (Å²) in [6.07, 6.45) is -1.16. The maximum atomic E-state index is 13.9. The minimum Gasteiger partial charge on any atom is -0.490 e. The molecule has 11 heteroatoms. The van der Waals surface area contributed by atoms with Crippen LogP contribution in [0.2, 0.25) is 0 Å². The third-order valence-electron chi connectivity index (χ3n) is 8.58. The Hall–Kier alpha value is -4.64. The molecule has 0 radical (unpaired) electrons. The topological polar surface area (TPSA) is 88.0 Å². The number of carboxylic acids is 1. The van der Waals surface area contributed by atoms with E-state index in [0.717, 1.165) is 47.1 Å². The van der Waals surface area contributed by atoms with Crippen LogP contribution in [0.4, 0.5) is 24.8 Å². The Bertz CT molecular complexity index is 1740. The number of hydrogen-bond donors (Lipinski definition) is 1. The molecule has 8 nitrogen and oxygen atoms in total. The number of nitrogens with zero attached hydrogens (tertiary/aromatic N) is 4. The largest absolute Gasteiger partial charge is 0.490 e. The lowest BCUT2D eigenvalue weighted by atomic mass is 9.91. The van der Waals surface area contributed by atoms with Gasteiger partial charge in [0.1, 0.15) is 0 Å². The summed E-state index contributed by atoms with van der Waals surface area (Å²) in [6.45, 7) is 11.5. The predicted octanol–water partition coefficient (Wildman–Crippen LogP) is 8.19. The first-order valence-electron chi connectivity index (χ1n) is 16.5. The van der Waals surface area contributed by atoms with Crippen molar-refractivity contribution in [3.63, 3.8) is 0 Å². The van der Waals surface area contributed by atoms with Crippen LogP contribution in [0.25, 0.3) is 11.1 Å². The van der Waals surface area contributed by atoms with E-state index >= 15 is 0 Å². The molecule has 5 rings (SSSR count). The van der Waals surface area contributed by atoms with Gasteiger partial charge in [-0.15, -0.1) is 0 Å². The summed E-state index contributed by atoms with van der Waals surface area (Å²) in [5.41, 5.74) is 6.75. The number of halogens is 3. The minimum absolute atomic E-state index is 0.0193. The van der Waals surface area contributed by atoms with Crippen molar-refractivity contribution < 1.29 is 32.5 Å². The van der Waals surface area contributed by atoms with E-state index in [4.69, 9.17) is 14.6 Å². The van der Waals surface area contributed by atoms with E-state index < -0.39 is 17.7 Å². The second-order valence-electron chi connectivity index (χ2n) is 12.8. The van der Waals surface area contributed by atoms with E-state index in [1.54, 1.807) is 13.0 Å². The summed E-state index contributed by atoms with van der Waals surface area (Å²) in [7, 11) is 0. The van der Waals surface area contributed by atoms with Gasteiger partial charge in [-0.2, -0.15) is 13.2 Å². The molecule has 1 N–H and O–H groups in total. The van der Waals surface area contributed by atoms with Crippen molar-refractivity contribution in [1.29, 1.82) is 0 Å². The molecule has 0 amide bonds. The smallest absolute Gasteiger partial charge is 0.416 e. The van der Waals surface area contributed by atoms with E-state index in [-0.39, 0.29) is 19.6 Å². The number of aromatic nitrogens is 2. The zero-order chi connectivity index (χ0) is 35.1. The Kier molecular flexibility index (Phi) is 11.4. The number of alkyl halides is 3. The molecular weight excluding hydrogens is 633 g/mol. The number of morpholine rings is 1. The quantitative estimate of drug-likeness (QED) is 0.142. The van der Waals surface area contributed by atoms with Crippen LogP contribution in [-0.2, 0) is 28.8 Å². The zero-order valence-electron chi connectivity index (χ0n) is 28.4. The molecule has 0 aliphatic carbocycles. The third-order valence-corrected chi connectivity index (χ3v) is 8.58. The van der Waals surface area contributed by atoms with Crippen molar-refractivity contribution in [2.45, 2.75) is 65.7 Å². The second kappa shape index (κ2) is 15.7. The number of carboxylic acid groups (broad SMARTS) is 1. The molecule has 1 aliphatic heterocycles. The number of rotatable bonds is 13. The van der Waals surface area contributed by atoms with E-state index in [0.29, 0.717) is 54.9 Å². The number of aliphatic carboxylic acids is 1. The molecule has 1 fully saturated rings. The molecular formula is C38H43F3N4O4. The Morgan fingerprint density at radius 2 is 1.71 bits per heavy atom. The van der Waals surface area contributed by atoms with Gasteiger partial charge in [-0.1, -0.05) is 49.7 Å². The highest BCUT2D eigenvalue weighted by atomic mass is 19.4. The van der Waals surface area contributed by atoms with Crippen LogP contribution in [0.1, 0.15) is 66.0 Å². The lowest BCUT2D eigenvalue weighted by Crippen LogP contribution is -2.36. The summed E-state index contributed by atoms with van der Waals surface area (Å²) in [6, 6.07) is 17.0. The molecule has 0 bridgehead atoms. The van der Waals surface area contributed by atoms with Crippen molar-refractivity contribution in [3.8, 4) is 16.9 Å². The molecule has 260 valence electrons. The van der Waals surface area contributed by atoms with Gasteiger partial charge >= 0.3 is 12.1 Å². The highest BCUT2D eigenvalue weighted by Crippen LogP contribution is 2.35. The van der Waals surface area contributed by atoms with Gasteiger partial charge in [0, 0.05) is 38.3 Å². The molecule has 4 aromatic rings. The van der Waals surface area contributed by atoms with Crippen molar-refractivity contribution >= 4 is 17.6 Å². The number of benzene rings is 3. The van der Waals surface area contributed by atoms with Gasteiger partial charge in [0.05, 0.1) is 37.8 Å². The fraction of sp³-hybridized carbons (Fsp3) is 0.395. The van der Waals surface area contributed by atoms with Gasteiger partial charge in [0.2, 0.25) is 5.95 Å². The lowest BCUT2D eigenvalue weighted by Gasteiger charge is -2.31. The summed E-state index contributed by atoms with van der Waals surface area (Å²) in [4.78, 5) is 24.2. The molecule has 0 atom stereocenters. The second-order valence-corrected chi connectivity index (χ2v) is 12.8. The van der Waals surface area contributed by atoms with Crippen LogP contribution in [-0.4, -0.2) is 54.0 Å². The van der Waals surface area contributed by atoms with Gasteiger partial charge in [-0.25, -0.2) is 9.97 Å². The molecule has 0 saturated carbocycles. The maximum Gasteiger partial charge on any atom is 0.416 e.